The van der Waals surface area contributed by atoms with Gasteiger partial charge < -0.3 is 10.1 Å². The van der Waals surface area contributed by atoms with Crippen molar-refractivity contribution in [3.05, 3.63) is 94.8 Å². The van der Waals surface area contributed by atoms with Gasteiger partial charge in [0, 0.05) is 34.7 Å². The van der Waals surface area contributed by atoms with Crippen LogP contribution in [0.2, 0.25) is 5.02 Å². The molecule has 1 aliphatic rings. The maximum atomic E-state index is 15.1. The third-order valence-corrected chi connectivity index (χ3v) is 5.71. The molecule has 2 aromatic carbocycles. The van der Waals surface area contributed by atoms with Crippen molar-refractivity contribution in [1.82, 2.24) is 4.90 Å². The Balaban J connectivity index is 1.85. The quantitative estimate of drug-likeness (QED) is 0.397. The number of anilines is 1. The van der Waals surface area contributed by atoms with Gasteiger partial charge in [-0.05, 0) is 61.4 Å². The standard InChI is InChI=1S/C26H27Cl2FN2O2/c1-3-33-22-11-5-8-19(15-22)17-31-14-13-23(24(29)12-4-7-18(2)27)25(31)26(32)30-21-10-6-9-20(28)16-21/h4-12,15-16,23,25H,2-3,13-14,17H2,1H3,(H,30,32)/b7-4-,24-12-. The Kier molecular flexibility index (Phi) is 9.12. The predicted molar refractivity (Wildman–Crippen MR) is 133 cm³/mol. The maximum Gasteiger partial charge on any atom is 0.242 e. The first-order valence-electron chi connectivity index (χ1n) is 10.8. The van der Waals surface area contributed by atoms with Gasteiger partial charge in [0.2, 0.25) is 5.91 Å². The second-order valence-corrected chi connectivity index (χ2v) is 8.67. The Morgan fingerprint density at radius 2 is 2.09 bits per heavy atom. The molecule has 0 aliphatic carbocycles. The summed E-state index contributed by atoms with van der Waals surface area (Å²) < 4.78 is 20.7. The van der Waals surface area contributed by atoms with Crippen LogP contribution in [-0.2, 0) is 11.3 Å². The number of nitrogens with zero attached hydrogens (tertiary/aromatic N) is 1. The molecule has 1 aliphatic heterocycles. The summed E-state index contributed by atoms with van der Waals surface area (Å²) in [4.78, 5) is 15.3. The number of nitrogens with one attached hydrogen (secondary N) is 1. The van der Waals surface area contributed by atoms with Crippen LogP contribution in [-0.4, -0.2) is 30.0 Å². The molecule has 174 valence electrons. The molecule has 1 N–H and O–H groups in total. The molecule has 0 radical (unpaired) electrons. The molecular weight excluding hydrogens is 462 g/mol. The van der Waals surface area contributed by atoms with Crippen molar-refractivity contribution in [3.8, 4) is 5.75 Å². The summed E-state index contributed by atoms with van der Waals surface area (Å²) in [6, 6.07) is 13.9. The Morgan fingerprint density at radius 1 is 1.30 bits per heavy atom. The van der Waals surface area contributed by atoms with Gasteiger partial charge >= 0.3 is 0 Å². The summed E-state index contributed by atoms with van der Waals surface area (Å²) in [5.74, 6) is -0.480. The molecular formula is C26H27Cl2FN2O2. The molecule has 0 saturated carbocycles. The zero-order valence-electron chi connectivity index (χ0n) is 18.4. The number of amides is 1. The van der Waals surface area contributed by atoms with Crippen LogP contribution in [0.15, 0.2) is 84.2 Å². The van der Waals surface area contributed by atoms with E-state index in [1.165, 1.54) is 18.2 Å². The fourth-order valence-electron chi connectivity index (χ4n) is 3.96. The average molecular weight is 489 g/mol. The number of hydrogen-bond acceptors (Lipinski definition) is 3. The first kappa shape index (κ1) is 25.0. The molecule has 0 aromatic heterocycles. The topological polar surface area (TPSA) is 41.6 Å². The molecule has 4 nitrogen and oxygen atoms in total. The highest BCUT2D eigenvalue weighted by atomic mass is 35.5. The van der Waals surface area contributed by atoms with E-state index in [0.29, 0.717) is 41.9 Å². The highest BCUT2D eigenvalue weighted by molar-refractivity contribution is 6.31. The Hall–Kier alpha value is -2.60. The summed E-state index contributed by atoms with van der Waals surface area (Å²) in [7, 11) is 0. The minimum absolute atomic E-state index is 0.282. The summed E-state index contributed by atoms with van der Waals surface area (Å²) in [6.07, 6.45) is 4.87. The molecule has 2 unspecified atom stereocenters. The van der Waals surface area contributed by atoms with Gasteiger partial charge in [0.1, 0.15) is 11.6 Å². The van der Waals surface area contributed by atoms with Crippen LogP contribution < -0.4 is 10.1 Å². The third kappa shape index (κ3) is 7.19. The molecule has 1 fully saturated rings. The lowest BCUT2D eigenvalue weighted by Crippen LogP contribution is -2.43. The number of hydrogen-bond donors (Lipinski definition) is 1. The predicted octanol–water partition coefficient (Wildman–Crippen LogP) is 6.73. The molecule has 2 aromatic rings. The van der Waals surface area contributed by atoms with E-state index in [9.17, 15) is 4.79 Å². The molecule has 1 saturated heterocycles. The number of ether oxygens (including phenoxy) is 1. The van der Waals surface area contributed by atoms with Crippen molar-refractivity contribution in [2.75, 3.05) is 18.5 Å². The number of carbonyl (C=O) groups excluding carboxylic acids is 1. The van der Waals surface area contributed by atoms with Crippen LogP contribution in [0, 0.1) is 5.92 Å². The van der Waals surface area contributed by atoms with Gasteiger partial charge in [-0.25, -0.2) is 4.39 Å². The third-order valence-electron chi connectivity index (χ3n) is 5.34. The summed E-state index contributed by atoms with van der Waals surface area (Å²) in [5.41, 5.74) is 1.56. The van der Waals surface area contributed by atoms with Crippen molar-refractivity contribution in [3.63, 3.8) is 0 Å². The normalized spacial score (nSPS) is 19.1. The molecule has 0 spiro atoms. The summed E-state index contributed by atoms with van der Waals surface area (Å²) in [5, 5.41) is 3.71. The first-order valence-corrected chi connectivity index (χ1v) is 11.5. The van der Waals surface area contributed by atoms with Crippen molar-refractivity contribution in [2.45, 2.75) is 25.9 Å². The molecule has 2 atom stereocenters. The number of allylic oxidation sites excluding steroid dienone is 4. The average Bonchev–Trinajstić information content (AvgIpc) is 3.17. The summed E-state index contributed by atoms with van der Waals surface area (Å²) in [6.45, 7) is 7.12. The maximum absolute atomic E-state index is 15.1. The number of carbonyl (C=O) groups is 1. The van der Waals surface area contributed by atoms with Gasteiger partial charge in [-0.3, -0.25) is 9.69 Å². The number of likely N-dealkylation sites (tertiary alicyclic amines) is 1. The van der Waals surface area contributed by atoms with E-state index in [-0.39, 0.29) is 11.7 Å². The SMILES string of the molecule is C=C(Cl)/C=C\C=C(/F)C1CCN(Cc2cccc(OCC)c2)C1C(=O)Nc1cccc(Cl)c1. The van der Waals surface area contributed by atoms with E-state index >= 15 is 4.39 Å². The second-order valence-electron chi connectivity index (χ2n) is 7.75. The lowest BCUT2D eigenvalue weighted by Gasteiger charge is -2.27. The van der Waals surface area contributed by atoms with Gasteiger partial charge in [0.05, 0.1) is 12.6 Å². The van der Waals surface area contributed by atoms with Crippen LogP contribution in [0.25, 0.3) is 0 Å². The van der Waals surface area contributed by atoms with E-state index in [2.05, 4.69) is 11.9 Å². The van der Waals surface area contributed by atoms with Gasteiger partial charge in [-0.15, -0.1) is 0 Å². The van der Waals surface area contributed by atoms with E-state index in [4.69, 9.17) is 27.9 Å². The monoisotopic (exact) mass is 488 g/mol. The molecule has 7 heteroatoms. The number of rotatable bonds is 9. The zero-order valence-corrected chi connectivity index (χ0v) is 20.0. The largest absolute Gasteiger partial charge is 0.494 e. The van der Waals surface area contributed by atoms with E-state index in [1.807, 2.05) is 36.1 Å². The van der Waals surface area contributed by atoms with Gasteiger partial charge in [-0.2, -0.15) is 0 Å². The molecule has 1 amide bonds. The second kappa shape index (κ2) is 12.0. The van der Waals surface area contributed by atoms with Crippen molar-refractivity contribution < 1.29 is 13.9 Å². The van der Waals surface area contributed by atoms with Crippen LogP contribution in [0.1, 0.15) is 18.9 Å². The minimum atomic E-state index is -0.691. The highest BCUT2D eigenvalue weighted by Crippen LogP contribution is 2.34. The minimum Gasteiger partial charge on any atom is -0.494 e. The van der Waals surface area contributed by atoms with Crippen LogP contribution in [0.5, 0.6) is 5.75 Å². The molecule has 0 bridgehead atoms. The molecule has 1 heterocycles. The van der Waals surface area contributed by atoms with Crippen molar-refractivity contribution in [1.29, 1.82) is 0 Å². The van der Waals surface area contributed by atoms with E-state index in [1.54, 1.807) is 24.3 Å². The van der Waals surface area contributed by atoms with E-state index < -0.39 is 12.0 Å². The van der Waals surface area contributed by atoms with Crippen LogP contribution in [0.4, 0.5) is 10.1 Å². The van der Waals surface area contributed by atoms with Crippen LogP contribution >= 0.6 is 23.2 Å². The fraction of sp³-hybridized carbons (Fsp3) is 0.269. The lowest BCUT2D eigenvalue weighted by molar-refractivity contribution is -0.121. The highest BCUT2D eigenvalue weighted by Gasteiger charge is 2.41. The molecule has 33 heavy (non-hydrogen) atoms. The first-order chi connectivity index (χ1) is 15.9. The smallest absolute Gasteiger partial charge is 0.242 e. The van der Waals surface area contributed by atoms with E-state index in [0.717, 1.165) is 11.3 Å². The van der Waals surface area contributed by atoms with Crippen LogP contribution in [0.3, 0.4) is 0 Å². The molecule has 3 rings (SSSR count). The van der Waals surface area contributed by atoms with Gasteiger partial charge in [-0.1, -0.05) is 54.1 Å². The zero-order chi connectivity index (χ0) is 23.8. The fourth-order valence-corrected chi connectivity index (χ4v) is 4.22. The Bertz CT molecular complexity index is 1050. The number of benzene rings is 2. The van der Waals surface area contributed by atoms with Gasteiger partial charge in [0.25, 0.3) is 0 Å². The lowest BCUT2D eigenvalue weighted by atomic mass is 9.97. The summed E-state index contributed by atoms with van der Waals surface area (Å²) >= 11 is 11.8. The Labute approximate surface area is 204 Å². The van der Waals surface area contributed by atoms with Crippen molar-refractivity contribution >= 4 is 34.8 Å². The van der Waals surface area contributed by atoms with Crippen molar-refractivity contribution in [2.24, 2.45) is 5.92 Å². The Morgan fingerprint density at radius 3 is 2.82 bits per heavy atom. The number of halogens is 3. The van der Waals surface area contributed by atoms with Gasteiger partial charge in [0.15, 0.2) is 0 Å².